The Labute approximate surface area is 220 Å². The van der Waals surface area contributed by atoms with Gasteiger partial charge in [0.2, 0.25) is 5.88 Å². The van der Waals surface area contributed by atoms with Crippen LogP contribution in [0.25, 0.3) is 0 Å². The normalized spacial score (nSPS) is 10.9. The molecule has 0 spiro atoms. The Morgan fingerprint density at radius 1 is 1.00 bits per heavy atom. The standard InChI is InChI=1S/C24H27N5O6S2/c1-15(2)14-35-18-9-5-16(6-10-18)22(30)28-24(36)25-17-7-11-19(12-8-17)37(31,32)29-20-13-21(33-3)27-23(26-20)34-4/h5-13,15H,14H2,1-4H3,(H,26,27,29)(H2,25,28,30,36). The number of hydrogen-bond donors (Lipinski definition) is 3. The van der Waals surface area contributed by atoms with Crippen molar-refractivity contribution in [1.29, 1.82) is 0 Å². The highest BCUT2D eigenvalue weighted by molar-refractivity contribution is 7.92. The van der Waals surface area contributed by atoms with Crippen LogP contribution < -0.4 is 29.6 Å². The molecule has 0 radical (unpaired) electrons. The summed E-state index contributed by atoms with van der Waals surface area (Å²) in [6.45, 7) is 4.68. The van der Waals surface area contributed by atoms with Gasteiger partial charge in [0.15, 0.2) is 10.9 Å². The molecule has 11 nitrogen and oxygen atoms in total. The van der Waals surface area contributed by atoms with E-state index in [2.05, 4.69) is 39.2 Å². The first-order valence-corrected chi connectivity index (χ1v) is 12.9. The number of benzene rings is 2. The molecule has 0 atom stereocenters. The summed E-state index contributed by atoms with van der Waals surface area (Å²) in [4.78, 5) is 20.3. The van der Waals surface area contributed by atoms with Crippen molar-refractivity contribution in [3.05, 3.63) is 60.2 Å². The van der Waals surface area contributed by atoms with Crippen molar-refractivity contribution in [1.82, 2.24) is 15.3 Å². The average Bonchev–Trinajstić information content (AvgIpc) is 2.87. The van der Waals surface area contributed by atoms with E-state index >= 15 is 0 Å². The van der Waals surface area contributed by atoms with Gasteiger partial charge in [-0.25, -0.2) is 8.42 Å². The third-order valence-corrected chi connectivity index (χ3v) is 6.24. The van der Waals surface area contributed by atoms with E-state index < -0.39 is 15.9 Å². The number of nitrogens with one attached hydrogen (secondary N) is 3. The predicted molar refractivity (Wildman–Crippen MR) is 143 cm³/mol. The van der Waals surface area contributed by atoms with Gasteiger partial charge in [-0.2, -0.15) is 9.97 Å². The molecular weight excluding hydrogens is 518 g/mol. The van der Waals surface area contributed by atoms with Gasteiger partial charge in [-0.1, -0.05) is 13.8 Å². The van der Waals surface area contributed by atoms with Crippen LogP contribution >= 0.6 is 12.2 Å². The van der Waals surface area contributed by atoms with E-state index in [9.17, 15) is 13.2 Å². The molecule has 0 unspecified atom stereocenters. The van der Waals surface area contributed by atoms with Gasteiger partial charge in [0.25, 0.3) is 15.9 Å². The van der Waals surface area contributed by atoms with Crippen molar-refractivity contribution in [2.24, 2.45) is 5.92 Å². The third-order valence-electron chi connectivity index (χ3n) is 4.66. The SMILES string of the molecule is COc1cc(NS(=O)(=O)c2ccc(NC(=S)NC(=O)c3ccc(OCC(C)C)cc3)cc2)nc(OC)n1. The van der Waals surface area contributed by atoms with Crippen LogP contribution in [-0.4, -0.2) is 50.2 Å². The number of anilines is 2. The van der Waals surface area contributed by atoms with Gasteiger partial charge in [0.1, 0.15) is 5.75 Å². The highest BCUT2D eigenvalue weighted by atomic mass is 32.2. The molecule has 0 aliphatic carbocycles. The molecule has 3 rings (SSSR count). The van der Waals surface area contributed by atoms with Crippen molar-refractivity contribution in [3.8, 4) is 17.6 Å². The lowest BCUT2D eigenvalue weighted by atomic mass is 10.2. The first-order valence-electron chi connectivity index (χ1n) is 11.0. The number of aromatic nitrogens is 2. The minimum atomic E-state index is -3.97. The number of ether oxygens (including phenoxy) is 3. The number of sulfonamides is 1. The fraction of sp³-hybridized carbons (Fsp3) is 0.250. The molecular formula is C24H27N5O6S2. The minimum absolute atomic E-state index is 0.0192. The molecule has 3 N–H and O–H groups in total. The number of carbonyl (C=O) groups is 1. The van der Waals surface area contributed by atoms with E-state index in [4.69, 9.17) is 26.4 Å². The Hall–Kier alpha value is -3.97. The highest BCUT2D eigenvalue weighted by Crippen LogP contribution is 2.21. The lowest BCUT2D eigenvalue weighted by Crippen LogP contribution is -2.34. The van der Waals surface area contributed by atoms with Gasteiger partial charge >= 0.3 is 6.01 Å². The van der Waals surface area contributed by atoms with E-state index in [0.29, 0.717) is 29.5 Å². The summed E-state index contributed by atoms with van der Waals surface area (Å²) in [5.74, 6) is 0.786. The maximum atomic E-state index is 12.8. The van der Waals surface area contributed by atoms with Crippen LogP contribution in [-0.2, 0) is 10.0 Å². The lowest BCUT2D eigenvalue weighted by molar-refractivity contribution is 0.0977. The summed E-state index contributed by atoms with van der Waals surface area (Å²) in [5, 5.41) is 5.49. The van der Waals surface area contributed by atoms with Crippen LogP contribution in [0.3, 0.4) is 0 Å². The van der Waals surface area contributed by atoms with Gasteiger partial charge in [-0.05, 0) is 66.7 Å². The van der Waals surface area contributed by atoms with Crippen LogP contribution in [0.5, 0.6) is 17.6 Å². The second kappa shape index (κ2) is 12.3. The second-order valence-corrected chi connectivity index (χ2v) is 10.1. The Balaban J connectivity index is 1.59. The maximum absolute atomic E-state index is 12.8. The molecule has 13 heteroatoms. The van der Waals surface area contributed by atoms with Crippen molar-refractivity contribution >= 4 is 44.8 Å². The van der Waals surface area contributed by atoms with E-state index in [1.807, 2.05) is 0 Å². The van der Waals surface area contributed by atoms with Crippen LogP contribution in [0.4, 0.5) is 11.5 Å². The van der Waals surface area contributed by atoms with E-state index in [1.54, 1.807) is 24.3 Å². The molecule has 1 heterocycles. The first-order chi connectivity index (χ1) is 17.6. The molecule has 2 aromatic carbocycles. The van der Waals surface area contributed by atoms with Crippen LogP contribution in [0, 0.1) is 5.92 Å². The van der Waals surface area contributed by atoms with Crippen LogP contribution in [0.1, 0.15) is 24.2 Å². The molecule has 0 aliphatic heterocycles. The molecule has 196 valence electrons. The van der Waals surface area contributed by atoms with Gasteiger partial charge in [-0.3, -0.25) is 14.8 Å². The second-order valence-electron chi connectivity index (χ2n) is 8.05. The Kier molecular flexibility index (Phi) is 9.20. The minimum Gasteiger partial charge on any atom is -0.493 e. The smallest absolute Gasteiger partial charge is 0.321 e. The molecule has 1 amide bonds. The number of amides is 1. The molecule has 0 fully saturated rings. The zero-order chi connectivity index (χ0) is 27.0. The quantitative estimate of drug-likeness (QED) is 0.324. The summed E-state index contributed by atoms with van der Waals surface area (Å²) in [6.07, 6.45) is 0. The van der Waals surface area contributed by atoms with Crippen molar-refractivity contribution in [2.45, 2.75) is 18.7 Å². The summed E-state index contributed by atoms with van der Waals surface area (Å²) in [6, 6.07) is 13.8. The van der Waals surface area contributed by atoms with Crippen molar-refractivity contribution in [2.75, 3.05) is 30.9 Å². The molecule has 0 saturated carbocycles. The number of methoxy groups -OCH3 is 2. The maximum Gasteiger partial charge on any atom is 0.321 e. The molecule has 0 saturated heterocycles. The molecule has 37 heavy (non-hydrogen) atoms. The summed E-state index contributed by atoms with van der Waals surface area (Å²) < 4.78 is 43.5. The first kappa shape index (κ1) is 27.6. The fourth-order valence-corrected chi connectivity index (χ4v) is 4.07. The van der Waals surface area contributed by atoms with Gasteiger partial charge < -0.3 is 19.5 Å². The predicted octanol–water partition coefficient (Wildman–Crippen LogP) is 3.46. The Bertz CT molecular complexity index is 1320. The number of nitrogens with zero attached hydrogens (tertiary/aromatic N) is 2. The molecule has 3 aromatic rings. The zero-order valence-corrected chi connectivity index (χ0v) is 22.3. The third kappa shape index (κ3) is 8.02. The van der Waals surface area contributed by atoms with Gasteiger partial charge in [0.05, 0.1) is 25.7 Å². The van der Waals surface area contributed by atoms with Gasteiger partial charge in [0, 0.05) is 17.3 Å². The Morgan fingerprint density at radius 2 is 1.68 bits per heavy atom. The van der Waals surface area contributed by atoms with E-state index in [-0.39, 0.29) is 27.7 Å². The number of hydrogen-bond acceptors (Lipinski definition) is 9. The molecule has 0 bridgehead atoms. The highest BCUT2D eigenvalue weighted by Gasteiger charge is 2.17. The zero-order valence-electron chi connectivity index (χ0n) is 20.6. The van der Waals surface area contributed by atoms with Crippen molar-refractivity contribution < 1.29 is 27.4 Å². The lowest BCUT2D eigenvalue weighted by Gasteiger charge is -2.12. The van der Waals surface area contributed by atoms with Gasteiger partial charge in [-0.15, -0.1) is 0 Å². The number of rotatable bonds is 10. The van der Waals surface area contributed by atoms with Crippen LogP contribution in [0.2, 0.25) is 0 Å². The Morgan fingerprint density at radius 3 is 2.27 bits per heavy atom. The van der Waals surface area contributed by atoms with Crippen LogP contribution in [0.15, 0.2) is 59.5 Å². The van der Waals surface area contributed by atoms with E-state index in [1.165, 1.54) is 44.6 Å². The number of carbonyl (C=O) groups excluding carboxylic acids is 1. The summed E-state index contributed by atoms with van der Waals surface area (Å²) >= 11 is 5.21. The monoisotopic (exact) mass is 545 g/mol. The largest absolute Gasteiger partial charge is 0.493 e. The van der Waals surface area contributed by atoms with E-state index in [0.717, 1.165) is 0 Å². The molecule has 0 aliphatic rings. The number of thiocarbonyl (C=S) groups is 1. The fourth-order valence-electron chi connectivity index (χ4n) is 2.87. The molecule has 1 aromatic heterocycles. The summed E-state index contributed by atoms with van der Waals surface area (Å²) in [7, 11) is -1.23. The topological polar surface area (TPSA) is 141 Å². The average molecular weight is 546 g/mol. The summed E-state index contributed by atoms with van der Waals surface area (Å²) in [5.41, 5.74) is 0.888. The van der Waals surface area contributed by atoms with Crippen molar-refractivity contribution in [3.63, 3.8) is 0 Å².